The van der Waals surface area contributed by atoms with E-state index in [1.165, 1.54) is 0 Å². The van der Waals surface area contributed by atoms with Crippen LogP contribution in [0.3, 0.4) is 0 Å². The molecular formula is C11H12BrClO. The van der Waals surface area contributed by atoms with Crippen molar-refractivity contribution in [3.63, 3.8) is 0 Å². The van der Waals surface area contributed by atoms with Crippen LogP contribution in [0.4, 0.5) is 0 Å². The van der Waals surface area contributed by atoms with E-state index in [4.69, 9.17) is 11.6 Å². The van der Waals surface area contributed by atoms with E-state index in [1.807, 2.05) is 19.1 Å². The lowest BCUT2D eigenvalue weighted by atomic mass is 10.0. The lowest BCUT2D eigenvalue weighted by molar-refractivity contribution is 0.0996. The number of hydrogen-bond acceptors (Lipinski definition) is 1. The smallest absolute Gasteiger partial charge is 0.177 e. The average Bonchev–Trinajstić information content (AvgIpc) is 2.17. The Hall–Kier alpha value is -0.340. The summed E-state index contributed by atoms with van der Waals surface area (Å²) in [6.45, 7) is 3.82. The van der Waals surface area contributed by atoms with Crippen molar-refractivity contribution in [1.29, 1.82) is 0 Å². The summed E-state index contributed by atoms with van der Waals surface area (Å²) in [7, 11) is 0. The summed E-state index contributed by atoms with van der Waals surface area (Å²) in [5, 5.41) is 0.589. The third-order valence-corrected chi connectivity index (χ3v) is 2.95. The summed E-state index contributed by atoms with van der Waals surface area (Å²) in [6, 6.07) is 5.58. The van der Waals surface area contributed by atoms with Gasteiger partial charge >= 0.3 is 0 Å². The van der Waals surface area contributed by atoms with Crippen LogP contribution >= 0.6 is 27.5 Å². The number of carbonyl (C=O) groups excluding carboxylic acids is 1. The Morgan fingerprint density at radius 1 is 1.57 bits per heavy atom. The summed E-state index contributed by atoms with van der Waals surface area (Å²) in [5.74, 6) is 0.0327. The van der Waals surface area contributed by atoms with E-state index in [1.54, 1.807) is 13.0 Å². The minimum Gasteiger partial charge on any atom is -0.293 e. The molecule has 1 aromatic rings. The first kappa shape index (κ1) is 11.7. The number of rotatable bonds is 3. The zero-order valence-corrected chi connectivity index (χ0v) is 10.5. The second-order valence-corrected chi connectivity index (χ2v) is 4.86. The lowest BCUT2D eigenvalue weighted by Crippen LogP contribution is -2.11. The van der Waals surface area contributed by atoms with Crippen LogP contribution in [0.15, 0.2) is 18.2 Å². The van der Waals surface area contributed by atoms with Crippen LogP contribution in [0, 0.1) is 0 Å². The van der Waals surface area contributed by atoms with Gasteiger partial charge < -0.3 is 0 Å². The summed E-state index contributed by atoms with van der Waals surface area (Å²) in [5.41, 5.74) is 1.63. The van der Waals surface area contributed by atoms with Gasteiger partial charge in [-0.3, -0.25) is 4.79 Å². The molecule has 0 aromatic heterocycles. The largest absolute Gasteiger partial charge is 0.293 e. The number of halogens is 2. The Balaban J connectivity index is 3.16. The van der Waals surface area contributed by atoms with E-state index in [2.05, 4.69) is 15.9 Å². The van der Waals surface area contributed by atoms with Crippen LogP contribution in [0.25, 0.3) is 0 Å². The van der Waals surface area contributed by atoms with Gasteiger partial charge in [-0.2, -0.15) is 0 Å². The molecule has 14 heavy (non-hydrogen) atoms. The summed E-state index contributed by atoms with van der Waals surface area (Å²) < 4.78 is 0. The van der Waals surface area contributed by atoms with Crippen LogP contribution in [0.1, 0.15) is 29.8 Å². The highest BCUT2D eigenvalue weighted by molar-refractivity contribution is 9.10. The highest BCUT2D eigenvalue weighted by atomic mass is 79.9. The van der Waals surface area contributed by atoms with Gasteiger partial charge in [-0.15, -0.1) is 0 Å². The van der Waals surface area contributed by atoms with Crippen molar-refractivity contribution in [3.05, 3.63) is 34.3 Å². The Morgan fingerprint density at radius 2 is 2.21 bits per heavy atom. The Labute approximate surface area is 97.6 Å². The monoisotopic (exact) mass is 274 g/mol. The molecule has 0 radical (unpaired) electrons. The molecule has 1 nitrogen and oxygen atoms in total. The zero-order chi connectivity index (χ0) is 10.7. The molecule has 0 fully saturated rings. The molecule has 0 amide bonds. The Kier molecular flexibility index (Phi) is 4.14. The first-order valence-corrected chi connectivity index (χ1v) is 5.83. The standard InChI is InChI=1S/C11H12BrClO/c1-3-8-5-4-6-9(10(8)13)11(14)7(2)12/h4-7H,3H2,1-2H3. The van der Waals surface area contributed by atoms with Crippen molar-refractivity contribution in [3.8, 4) is 0 Å². The SMILES string of the molecule is CCc1cccc(C(=O)C(C)Br)c1Cl. The molecule has 0 aliphatic rings. The molecule has 1 aromatic carbocycles. The molecule has 3 heteroatoms. The molecule has 0 bridgehead atoms. The van der Waals surface area contributed by atoms with Crippen molar-refractivity contribution < 1.29 is 4.79 Å². The molecule has 0 N–H and O–H groups in total. The van der Waals surface area contributed by atoms with Gasteiger partial charge in [0.1, 0.15) is 0 Å². The maximum Gasteiger partial charge on any atom is 0.177 e. The molecule has 0 heterocycles. The van der Waals surface area contributed by atoms with Gasteiger partial charge in [0.05, 0.1) is 9.85 Å². The lowest BCUT2D eigenvalue weighted by Gasteiger charge is -2.08. The minimum atomic E-state index is -0.188. The molecule has 76 valence electrons. The van der Waals surface area contributed by atoms with E-state index < -0.39 is 0 Å². The van der Waals surface area contributed by atoms with Crippen LogP contribution in [0.2, 0.25) is 5.02 Å². The maximum atomic E-state index is 11.7. The average molecular weight is 276 g/mol. The number of aryl methyl sites for hydroxylation is 1. The molecule has 1 rings (SSSR count). The Bertz CT molecular complexity index is 347. The van der Waals surface area contributed by atoms with Crippen LogP contribution in [0.5, 0.6) is 0 Å². The van der Waals surface area contributed by atoms with Crippen molar-refractivity contribution in [2.75, 3.05) is 0 Å². The number of hydrogen-bond donors (Lipinski definition) is 0. The number of alkyl halides is 1. The zero-order valence-electron chi connectivity index (χ0n) is 8.18. The molecule has 0 aliphatic heterocycles. The second kappa shape index (κ2) is 4.94. The number of carbonyl (C=O) groups is 1. The first-order chi connectivity index (χ1) is 6.57. The molecule has 0 spiro atoms. The summed E-state index contributed by atoms with van der Waals surface area (Å²) in [4.78, 5) is 11.5. The van der Waals surface area contributed by atoms with E-state index in [0.29, 0.717) is 10.6 Å². The number of benzene rings is 1. The minimum absolute atomic E-state index is 0.0327. The summed E-state index contributed by atoms with van der Waals surface area (Å²) >= 11 is 9.36. The molecule has 1 atom stereocenters. The van der Waals surface area contributed by atoms with Gasteiger partial charge in [-0.25, -0.2) is 0 Å². The van der Waals surface area contributed by atoms with Gasteiger partial charge in [0.25, 0.3) is 0 Å². The molecule has 0 saturated carbocycles. The van der Waals surface area contributed by atoms with Crippen molar-refractivity contribution in [2.45, 2.75) is 25.1 Å². The van der Waals surface area contributed by atoms with Crippen molar-refractivity contribution in [2.24, 2.45) is 0 Å². The number of ketones is 1. The van der Waals surface area contributed by atoms with Crippen LogP contribution in [-0.4, -0.2) is 10.6 Å². The van der Waals surface area contributed by atoms with Crippen LogP contribution < -0.4 is 0 Å². The van der Waals surface area contributed by atoms with Gasteiger partial charge in [0.2, 0.25) is 0 Å². The Morgan fingerprint density at radius 3 is 2.71 bits per heavy atom. The first-order valence-electron chi connectivity index (χ1n) is 4.53. The fourth-order valence-electron chi connectivity index (χ4n) is 1.26. The van der Waals surface area contributed by atoms with Gasteiger partial charge in [-0.1, -0.05) is 46.6 Å². The molecular weight excluding hydrogens is 263 g/mol. The highest BCUT2D eigenvalue weighted by Crippen LogP contribution is 2.24. The molecule has 1 unspecified atom stereocenters. The van der Waals surface area contributed by atoms with Crippen LogP contribution in [-0.2, 0) is 6.42 Å². The molecule has 0 aliphatic carbocycles. The third-order valence-electron chi connectivity index (χ3n) is 2.09. The maximum absolute atomic E-state index is 11.7. The number of Topliss-reactive ketones (excluding diaryl/α,β-unsaturated/α-hetero) is 1. The van der Waals surface area contributed by atoms with E-state index in [0.717, 1.165) is 12.0 Å². The van der Waals surface area contributed by atoms with Crippen molar-refractivity contribution >= 4 is 33.3 Å². The van der Waals surface area contributed by atoms with Gasteiger partial charge in [0.15, 0.2) is 5.78 Å². The third kappa shape index (κ3) is 2.37. The van der Waals surface area contributed by atoms with E-state index in [9.17, 15) is 4.79 Å². The highest BCUT2D eigenvalue weighted by Gasteiger charge is 2.16. The van der Waals surface area contributed by atoms with Gasteiger partial charge in [-0.05, 0) is 25.0 Å². The fourth-order valence-corrected chi connectivity index (χ4v) is 1.86. The predicted octanol–water partition coefficient (Wildman–Crippen LogP) is 3.87. The second-order valence-electron chi connectivity index (χ2n) is 3.11. The molecule has 0 saturated heterocycles. The topological polar surface area (TPSA) is 17.1 Å². The fraction of sp³-hybridized carbons (Fsp3) is 0.364. The summed E-state index contributed by atoms with van der Waals surface area (Å²) in [6.07, 6.45) is 0.844. The quantitative estimate of drug-likeness (QED) is 0.604. The van der Waals surface area contributed by atoms with E-state index in [-0.39, 0.29) is 10.6 Å². The van der Waals surface area contributed by atoms with Crippen molar-refractivity contribution in [1.82, 2.24) is 0 Å². The predicted molar refractivity (Wildman–Crippen MR) is 63.5 cm³/mol. The van der Waals surface area contributed by atoms with Gasteiger partial charge in [0, 0.05) is 5.56 Å². The normalized spacial score (nSPS) is 12.6. The van der Waals surface area contributed by atoms with E-state index >= 15 is 0 Å².